The van der Waals surface area contributed by atoms with Crippen LogP contribution in [0.2, 0.25) is 0 Å². The first-order valence-corrected chi connectivity index (χ1v) is 11.5. The fourth-order valence-electron chi connectivity index (χ4n) is 5.21. The summed E-state index contributed by atoms with van der Waals surface area (Å²) >= 11 is 0. The molecule has 0 radical (unpaired) electrons. The number of aromatic nitrogens is 3. The number of fused-ring (bicyclic) bond motifs is 4. The first-order valence-electron chi connectivity index (χ1n) is 11.5. The van der Waals surface area contributed by atoms with E-state index in [-0.39, 0.29) is 12.1 Å². The second-order valence-electron chi connectivity index (χ2n) is 8.93. The summed E-state index contributed by atoms with van der Waals surface area (Å²) in [6.45, 7) is 5.91. The van der Waals surface area contributed by atoms with Gasteiger partial charge in [-0.25, -0.2) is 4.79 Å². The van der Waals surface area contributed by atoms with Crippen molar-refractivity contribution in [3.05, 3.63) is 65.0 Å². The maximum Gasteiger partial charge on any atom is 0.343 e. The van der Waals surface area contributed by atoms with Gasteiger partial charge in [0.15, 0.2) is 0 Å². The smallest absolute Gasteiger partial charge is 0.343 e. The summed E-state index contributed by atoms with van der Waals surface area (Å²) in [5, 5.41) is 9.56. The van der Waals surface area contributed by atoms with Crippen LogP contribution in [0, 0.1) is 13.8 Å². The lowest BCUT2D eigenvalue weighted by atomic mass is 9.90. The van der Waals surface area contributed by atoms with E-state index >= 15 is 0 Å². The summed E-state index contributed by atoms with van der Waals surface area (Å²) in [5.41, 5.74) is 5.60. The monoisotopic (exact) mass is 442 g/mol. The zero-order valence-electron chi connectivity index (χ0n) is 18.8. The summed E-state index contributed by atoms with van der Waals surface area (Å²) in [5.74, 6) is 1.36. The van der Waals surface area contributed by atoms with Crippen molar-refractivity contribution in [1.29, 1.82) is 0 Å². The molecule has 33 heavy (non-hydrogen) atoms. The van der Waals surface area contributed by atoms with E-state index in [9.17, 15) is 4.79 Å². The molecule has 168 valence electrons. The van der Waals surface area contributed by atoms with E-state index in [1.807, 2.05) is 38.1 Å². The van der Waals surface area contributed by atoms with Crippen LogP contribution in [-0.4, -0.2) is 40.6 Å². The Kier molecular flexibility index (Phi) is 4.80. The predicted octanol–water partition coefficient (Wildman–Crippen LogP) is 4.79. The third-order valence-corrected chi connectivity index (χ3v) is 6.87. The van der Waals surface area contributed by atoms with Crippen molar-refractivity contribution in [3.8, 4) is 5.75 Å². The highest BCUT2D eigenvalue weighted by molar-refractivity contribution is 6.08. The Morgan fingerprint density at radius 2 is 1.91 bits per heavy atom. The molecule has 0 bridgehead atoms. The molecule has 1 N–H and O–H groups in total. The Labute approximate surface area is 191 Å². The van der Waals surface area contributed by atoms with Crippen molar-refractivity contribution in [1.82, 2.24) is 20.1 Å². The molecule has 0 spiro atoms. The van der Waals surface area contributed by atoms with Crippen LogP contribution in [-0.2, 0) is 4.74 Å². The molecule has 2 aromatic carbocycles. The van der Waals surface area contributed by atoms with Crippen molar-refractivity contribution < 1.29 is 14.3 Å². The van der Waals surface area contributed by atoms with Gasteiger partial charge in [0.1, 0.15) is 12.4 Å². The van der Waals surface area contributed by atoms with Gasteiger partial charge in [-0.05, 0) is 50.3 Å². The van der Waals surface area contributed by atoms with Gasteiger partial charge in [0, 0.05) is 35.2 Å². The molecule has 0 saturated carbocycles. The number of nitrogens with one attached hydrogen (secondary N) is 1. The lowest BCUT2D eigenvalue weighted by molar-refractivity contribution is 0.0853. The van der Waals surface area contributed by atoms with E-state index in [4.69, 9.17) is 14.5 Å². The zero-order valence-corrected chi connectivity index (χ0v) is 18.8. The number of benzene rings is 2. The fourth-order valence-corrected chi connectivity index (χ4v) is 5.21. The number of nitrogens with zero attached hydrogens (tertiary/aromatic N) is 3. The number of hydrogen-bond acceptors (Lipinski definition) is 5. The lowest BCUT2D eigenvalue weighted by Gasteiger charge is -2.22. The quantitative estimate of drug-likeness (QED) is 0.483. The van der Waals surface area contributed by atoms with Gasteiger partial charge in [0.05, 0.1) is 22.8 Å². The average molecular weight is 443 g/mol. The summed E-state index contributed by atoms with van der Waals surface area (Å²) in [6.07, 6.45) is 2.07. The van der Waals surface area contributed by atoms with Crippen LogP contribution in [0.15, 0.2) is 42.5 Å². The van der Waals surface area contributed by atoms with Crippen LogP contribution in [0.3, 0.4) is 0 Å². The molecule has 1 amide bonds. The topological polar surface area (TPSA) is 78.3 Å². The molecule has 2 aliphatic rings. The Hall–Kier alpha value is -3.45. The van der Waals surface area contributed by atoms with Gasteiger partial charge in [-0.3, -0.25) is 4.98 Å². The van der Waals surface area contributed by atoms with Crippen molar-refractivity contribution in [3.63, 3.8) is 0 Å². The van der Waals surface area contributed by atoms with Crippen LogP contribution < -0.4 is 10.1 Å². The Balaban J connectivity index is 1.32. The van der Waals surface area contributed by atoms with Crippen LogP contribution >= 0.6 is 0 Å². The molecule has 1 unspecified atom stereocenters. The number of ether oxygens (including phenoxy) is 2. The molecule has 6 rings (SSSR count). The minimum Gasteiger partial charge on any atom is -0.491 e. The zero-order chi connectivity index (χ0) is 22.5. The number of para-hydroxylation sites is 1. The van der Waals surface area contributed by atoms with Crippen LogP contribution in [0.1, 0.15) is 47.3 Å². The third-order valence-electron chi connectivity index (χ3n) is 6.87. The first kappa shape index (κ1) is 20.2. The maximum atomic E-state index is 13.4. The predicted molar refractivity (Wildman–Crippen MR) is 126 cm³/mol. The van der Waals surface area contributed by atoms with Gasteiger partial charge in [0.25, 0.3) is 0 Å². The number of pyridine rings is 1. The van der Waals surface area contributed by atoms with Gasteiger partial charge in [-0.1, -0.05) is 30.3 Å². The van der Waals surface area contributed by atoms with Crippen molar-refractivity contribution in [2.24, 2.45) is 0 Å². The average Bonchev–Trinajstić information content (AvgIpc) is 3.41. The van der Waals surface area contributed by atoms with E-state index in [1.54, 1.807) is 0 Å². The van der Waals surface area contributed by atoms with Crippen LogP contribution in [0.25, 0.3) is 21.8 Å². The number of carbonyl (C=O) groups is 1. The highest BCUT2D eigenvalue weighted by Gasteiger charge is 2.29. The number of carbonyl (C=O) groups excluding carboxylic acids is 1. The second-order valence-corrected chi connectivity index (χ2v) is 8.93. The van der Waals surface area contributed by atoms with Gasteiger partial charge in [0.2, 0.25) is 0 Å². The van der Waals surface area contributed by atoms with Crippen LogP contribution in [0.5, 0.6) is 5.75 Å². The van der Waals surface area contributed by atoms with E-state index in [2.05, 4.69) is 28.6 Å². The highest BCUT2D eigenvalue weighted by Crippen LogP contribution is 2.37. The number of rotatable bonds is 2. The molecule has 4 aromatic rings. The minimum absolute atomic E-state index is 0.218. The van der Waals surface area contributed by atoms with Gasteiger partial charge in [-0.15, -0.1) is 0 Å². The van der Waals surface area contributed by atoms with E-state index in [1.165, 1.54) is 10.2 Å². The van der Waals surface area contributed by atoms with E-state index < -0.39 is 0 Å². The molecule has 1 atom stereocenters. The van der Waals surface area contributed by atoms with Crippen molar-refractivity contribution >= 4 is 27.8 Å². The summed E-state index contributed by atoms with van der Waals surface area (Å²) < 4.78 is 13.0. The molecule has 4 heterocycles. The molecule has 0 aliphatic carbocycles. The van der Waals surface area contributed by atoms with E-state index in [0.29, 0.717) is 12.5 Å². The Morgan fingerprint density at radius 3 is 2.76 bits per heavy atom. The normalized spacial score (nSPS) is 18.4. The van der Waals surface area contributed by atoms with Crippen LogP contribution in [0.4, 0.5) is 4.79 Å². The molecule has 7 heteroatoms. The largest absolute Gasteiger partial charge is 0.491 e. The number of amides is 1. The third kappa shape index (κ3) is 3.35. The van der Waals surface area contributed by atoms with Gasteiger partial charge in [-0.2, -0.15) is 9.78 Å². The molecule has 1 saturated heterocycles. The van der Waals surface area contributed by atoms with Gasteiger partial charge >= 0.3 is 6.03 Å². The summed E-state index contributed by atoms with van der Waals surface area (Å²) in [6, 6.07) is 13.8. The fraction of sp³-hybridized carbons (Fsp3) is 0.346. The SMILES string of the molecule is Cc1nc2ccccc2c2c1c(C)nn2C(=O)NC1COc2cc(C3CCOCC3)ccc21. The second kappa shape index (κ2) is 7.85. The molecule has 2 aromatic heterocycles. The Morgan fingerprint density at radius 1 is 1.09 bits per heavy atom. The summed E-state index contributed by atoms with van der Waals surface area (Å²) in [4.78, 5) is 18.1. The first-order chi connectivity index (χ1) is 16.1. The standard InChI is InChI=1S/C26H26N4O3/c1-15-24-16(2)29-30(25(24)20-5-3-4-6-21(20)27-15)26(31)28-22-14-33-23-13-18(7-8-19(22)23)17-9-11-32-12-10-17/h3-8,13,17,22H,9-12,14H2,1-2H3,(H,28,31). The molecule has 2 aliphatic heterocycles. The Bertz CT molecular complexity index is 1390. The summed E-state index contributed by atoms with van der Waals surface area (Å²) in [7, 11) is 0. The maximum absolute atomic E-state index is 13.4. The van der Waals surface area contributed by atoms with Crippen molar-refractivity contribution in [2.45, 2.75) is 38.6 Å². The number of hydrogen-bond donors (Lipinski definition) is 1. The van der Waals surface area contributed by atoms with Gasteiger partial charge < -0.3 is 14.8 Å². The lowest BCUT2D eigenvalue weighted by Crippen LogP contribution is -2.33. The molecular formula is C26H26N4O3. The molecular weight excluding hydrogens is 416 g/mol. The molecule has 7 nitrogen and oxygen atoms in total. The van der Waals surface area contributed by atoms with E-state index in [0.717, 1.165) is 70.6 Å². The minimum atomic E-state index is -0.265. The molecule has 1 fully saturated rings. The van der Waals surface area contributed by atoms with Crippen molar-refractivity contribution in [2.75, 3.05) is 19.8 Å². The highest BCUT2D eigenvalue weighted by atomic mass is 16.5. The number of aryl methyl sites for hydroxylation is 2.